The van der Waals surface area contributed by atoms with Gasteiger partial charge >= 0.3 is 0 Å². The number of rotatable bonds is 3. The molecule has 4 fully saturated rings. The van der Waals surface area contributed by atoms with Crippen molar-refractivity contribution in [2.75, 3.05) is 0 Å². The van der Waals surface area contributed by atoms with Crippen molar-refractivity contribution in [2.24, 2.45) is 40.9 Å². The number of hydrogen-bond acceptors (Lipinski definition) is 2. The molecule has 4 saturated carbocycles. The fourth-order valence-corrected chi connectivity index (χ4v) is 8.26. The van der Waals surface area contributed by atoms with Crippen LogP contribution in [0.4, 0.5) is 0 Å². The molecule has 0 spiro atoms. The molecule has 7 atom stereocenters. The Balaban J connectivity index is 1.18. The van der Waals surface area contributed by atoms with Gasteiger partial charge in [-0.2, -0.15) is 0 Å². The van der Waals surface area contributed by atoms with E-state index in [-0.39, 0.29) is 0 Å². The first-order chi connectivity index (χ1) is 15.5. The van der Waals surface area contributed by atoms with Gasteiger partial charge in [-0.3, -0.25) is 0 Å². The van der Waals surface area contributed by atoms with Crippen molar-refractivity contribution in [2.45, 2.75) is 83.3 Å². The van der Waals surface area contributed by atoms with Gasteiger partial charge in [-0.15, -0.1) is 0 Å². The molecule has 0 aromatic carbocycles. The van der Waals surface area contributed by atoms with E-state index in [1.165, 1.54) is 56.1 Å². The molecule has 3 nitrogen and oxygen atoms in total. The average molecular weight is 431 g/mol. The van der Waals surface area contributed by atoms with Crippen molar-refractivity contribution in [3.8, 4) is 11.8 Å². The molecular formula is C29H38N2O. The van der Waals surface area contributed by atoms with Crippen LogP contribution in [0.3, 0.4) is 0 Å². The normalized spacial score (nSPS) is 42.7. The maximum Gasteiger partial charge on any atom is 0.129 e. The van der Waals surface area contributed by atoms with E-state index in [0.717, 1.165) is 43.6 Å². The molecule has 3 heteroatoms. The fraction of sp³-hybridized carbons (Fsp3) is 0.690. The molecule has 6 rings (SSSR count). The zero-order valence-corrected chi connectivity index (χ0v) is 19.6. The second-order valence-electron chi connectivity index (χ2n) is 11.9. The van der Waals surface area contributed by atoms with Crippen molar-refractivity contribution in [3.05, 3.63) is 42.5 Å². The van der Waals surface area contributed by atoms with Crippen molar-refractivity contribution in [1.29, 1.82) is 0 Å². The van der Waals surface area contributed by atoms with Crippen LogP contribution in [0.1, 0.15) is 71.1 Å². The van der Waals surface area contributed by atoms with Crippen LogP contribution >= 0.6 is 0 Å². The van der Waals surface area contributed by atoms with E-state index in [1.54, 1.807) is 0 Å². The van der Waals surface area contributed by atoms with E-state index in [9.17, 15) is 5.11 Å². The summed E-state index contributed by atoms with van der Waals surface area (Å²) in [6.45, 7) is 8.06. The van der Waals surface area contributed by atoms with Crippen molar-refractivity contribution < 1.29 is 5.11 Å². The average Bonchev–Trinajstić information content (AvgIpc) is 3.34. The summed E-state index contributed by atoms with van der Waals surface area (Å²) < 4.78 is 2.18. The summed E-state index contributed by atoms with van der Waals surface area (Å²) in [4.78, 5) is 4.22. The zero-order chi connectivity index (χ0) is 21.9. The van der Waals surface area contributed by atoms with E-state index >= 15 is 0 Å². The standard InChI is InChI=1S/C29H38N2O/c1-20(18-31-16-15-30-19-31)26-7-8-27-25-6-5-22-17-29(32,13-9-21-3-4-21)14-11-23(22)24(25)10-12-28(26,27)2/h5,15-16,19,21,23-27,32H,1,3-4,6-8,10-12,14,17-18H2,2H3/t23-,24+,25+,26+,27-,28+,29-/m0/s1. The van der Waals surface area contributed by atoms with Gasteiger partial charge in [0, 0.05) is 31.3 Å². The summed E-state index contributed by atoms with van der Waals surface area (Å²) in [6, 6.07) is 0. The Morgan fingerprint density at radius 2 is 2.06 bits per heavy atom. The second-order valence-corrected chi connectivity index (χ2v) is 11.9. The molecule has 1 N–H and O–H groups in total. The van der Waals surface area contributed by atoms with Crippen LogP contribution in [0.15, 0.2) is 42.5 Å². The lowest BCUT2D eigenvalue weighted by atomic mass is 9.51. The summed E-state index contributed by atoms with van der Waals surface area (Å²) in [5, 5.41) is 11.1. The minimum absolute atomic E-state index is 0.398. The van der Waals surface area contributed by atoms with Gasteiger partial charge in [-0.25, -0.2) is 4.98 Å². The first-order valence-electron chi connectivity index (χ1n) is 13.0. The van der Waals surface area contributed by atoms with Gasteiger partial charge in [0.1, 0.15) is 5.60 Å². The van der Waals surface area contributed by atoms with Crippen LogP contribution in [0, 0.1) is 52.8 Å². The molecule has 0 radical (unpaired) electrons. The number of allylic oxidation sites excluding steroid dienone is 2. The van der Waals surface area contributed by atoms with Crippen LogP contribution in [0.5, 0.6) is 0 Å². The van der Waals surface area contributed by atoms with Crippen LogP contribution < -0.4 is 0 Å². The molecule has 0 bridgehead atoms. The quantitative estimate of drug-likeness (QED) is 0.488. The van der Waals surface area contributed by atoms with Gasteiger partial charge in [-0.05, 0) is 92.8 Å². The molecule has 1 heterocycles. The Morgan fingerprint density at radius 3 is 2.84 bits per heavy atom. The summed E-state index contributed by atoms with van der Waals surface area (Å²) in [7, 11) is 0. The lowest BCUT2D eigenvalue weighted by molar-refractivity contribution is -0.0204. The molecule has 5 aliphatic carbocycles. The summed E-state index contributed by atoms with van der Waals surface area (Å²) >= 11 is 0. The number of hydrogen-bond donors (Lipinski definition) is 1. The van der Waals surface area contributed by atoms with E-state index < -0.39 is 5.60 Å². The Kier molecular flexibility index (Phi) is 4.95. The minimum Gasteiger partial charge on any atom is -0.377 e. The third-order valence-electron chi connectivity index (χ3n) is 10.0. The molecule has 0 unspecified atom stereocenters. The van der Waals surface area contributed by atoms with E-state index in [4.69, 9.17) is 0 Å². The number of imidazole rings is 1. The molecular weight excluding hydrogens is 392 g/mol. The van der Waals surface area contributed by atoms with Gasteiger partial charge in [-0.1, -0.05) is 42.6 Å². The third kappa shape index (κ3) is 3.50. The molecule has 0 amide bonds. The predicted octanol–water partition coefficient (Wildman–Crippen LogP) is 5.77. The monoisotopic (exact) mass is 430 g/mol. The zero-order valence-electron chi connectivity index (χ0n) is 19.6. The van der Waals surface area contributed by atoms with Crippen molar-refractivity contribution in [3.63, 3.8) is 0 Å². The van der Waals surface area contributed by atoms with Crippen molar-refractivity contribution >= 4 is 0 Å². The molecule has 1 aromatic rings. The SMILES string of the molecule is C=C(Cn1ccnc1)[C@H]1CC[C@H]2[C@@H]3CC=C4C[C@](O)(C#CC5CC5)CC[C@@H]4[C@H]3CC[C@]12C. The van der Waals surface area contributed by atoms with Crippen LogP contribution in [-0.2, 0) is 6.54 Å². The first-order valence-corrected chi connectivity index (χ1v) is 13.0. The van der Waals surface area contributed by atoms with Crippen molar-refractivity contribution in [1.82, 2.24) is 9.55 Å². The number of aromatic nitrogens is 2. The highest BCUT2D eigenvalue weighted by Crippen LogP contribution is 2.64. The lowest BCUT2D eigenvalue weighted by Crippen LogP contribution is -2.47. The molecule has 5 aliphatic rings. The summed E-state index contributed by atoms with van der Waals surface area (Å²) in [6.07, 6.45) is 20.2. The highest BCUT2D eigenvalue weighted by molar-refractivity contribution is 5.29. The third-order valence-corrected chi connectivity index (χ3v) is 10.0. The summed E-state index contributed by atoms with van der Waals surface area (Å²) in [5.41, 5.74) is 2.57. The lowest BCUT2D eigenvalue weighted by Gasteiger charge is -2.54. The number of fused-ring (bicyclic) bond motifs is 5. The molecule has 170 valence electrons. The van der Waals surface area contributed by atoms with Gasteiger partial charge in [0.05, 0.1) is 6.33 Å². The second kappa shape index (κ2) is 7.63. The largest absolute Gasteiger partial charge is 0.377 e. The molecule has 0 aliphatic heterocycles. The Hall–Kier alpha value is -1.79. The van der Waals surface area contributed by atoms with E-state index in [2.05, 4.69) is 47.2 Å². The maximum absolute atomic E-state index is 11.1. The highest BCUT2D eigenvalue weighted by Gasteiger charge is 2.56. The Bertz CT molecular complexity index is 977. The van der Waals surface area contributed by atoms with Gasteiger partial charge in [0.25, 0.3) is 0 Å². The molecule has 0 saturated heterocycles. The molecule has 32 heavy (non-hydrogen) atoms. The van der Waals surface area contributed by atoms with Gasteiger partial charge in [0.2, 0.25) is 0 Å². The topological polar surface area (TPSA) is 38.0 Å². The number of nitrogens with zero attached hydrogens (tertiary/aromatic N) is 2. The Labute approximate surface area is 193 Å². The van der Waals surface area contributed by atoms with Gasteiger partial charge < -0.3 is 9.67 Å². The smallest absolute Gasteiger partial charge is 0.129 e. The van der Waals surface area contributed by atoms with E-state index in [0.29, 0.717) is 23.2 Å². The first kappa shape index (κ1) is 20.8. The predicted molar refractivity (Wildman–Crippen MR) is 127 cm³/mol. The van der Waals surface area contributed by atoms with Crippen LogP contribution in [-0.4, -0.2) is 20.3 Å². The highest BCUT2D eigenvalue weighted by atomic mass is 16.3. The van der Waals surface area contributed by atoms with Crippen LogP contribution in [0.2, 0.25) is 0 Å². The molecule has 1 aromatic heterocycles. The fourth-order valence-electron chi connectivity index (χ4n) is 8.26. The minimum atomic E-state index is -0.759. The Morgan fingerprint density at radius 1 is 1.19 bits per heavy atom. The van der Waals surface area contributed by atoms with E-state index in [1.807, 2.05) is 12.5 Å². The van der Waals surface area contributed by atoms with Crippen LogP contribution in [0.25, 0.3) is 0 Å². The maximum atomic E-state index is 11.1. The number of aliphatic hydroxyl groups is 1. The summed E-state index contributed by atoms with van der Waals surface area (Å²) in [5.74, 6) is 11.0. The van der Waals surface area contributed by atoms with Gasteiger partial charge in [0.15, 0.2) is 0 Å².